The molecule has 0 saturated carbocycles. The van der Waals surface area contributed by atoms with Gasteiger partial charge in [-0.15, -0.1) is 0 Å². The van der Waals surface area contributed by atoms with E-state index in [4.69, 9.17) is 15.6 Å². The number of anilines is 1. The van der Waals surface area contributed by atoms with Gasteiger partial charge in [0.1, 0.15) is 29.0 Å². The van der Waals surface area contributed by atoms with Gasteiger partial charge < -0.3 is 10.4 Å². The summed E-state index contributed by atoms with van der Waals surface area (Å²) in [4.78, 5) is 20.9. The number of allylic oxidation sites excluding steroid dienone is 1. The van der Waals surface area contributed by atoms with Crippen LogP contribution in [0.4, 0.5) is 11.4 Å². The minimum Gasteiger partial charge on any atom is -0.477 e. The summed E-state index contributed by atoms with van der Waals surface area (Å²) in [7, 11) is 0. The second kappa shape index (κ2) is 5.80. The lowest BCUT2D eigenvalue weighted by atomic mass is 10.1. The molecule has 19 heavy (non-hydrogen) atoms. The molecule has 0 aliphatic heterocycles. The van der Waals surface area contributed by atoms with Crippen LogP contribution in [0.25, 0.3) is 0 Å². The van der Waals surface area contributed by atoms with Gasteiger partial charge in [0.25, 0.3) is 0 Å². The Balaban J connectivity index is 3.31. The first-order valence-corrected chi connectivity index (χ1v) is 4.79. The first-order valence-electron chi connectivity index (χ1n) is 4.79. The van der Waals surface area contributed by atoms with Crippen LogP contribution in [0.1, 0.15) is 10.4 Å². The molecule has 1 rings (SSSR count). The van der Waals surface area contributed by atoms with Crippen molar-refractivity contribution >= 4 is 17.3 Å². The number of carboxylic acid groups (broad SMARTS) is 1. The van der Waals surface area contributed by atoms with E-state index in [1.54, 1.807) is 12.1 Å². The molecule has 0 bridgehead atoms. The van der Waals surface area contributed by atoms with Gasteiger partial charge in [-0.05, 0) is 12.1 Å². The monoisotopic (exact) mass is 258 g/mol. The Kier molecular flexibility index (Phi) is 4.17. The predicted octanol–water partition coefficient (Wildman–Crippen LogP) is 1.64. The maximum atomic E-state index is 10.9. The van der Waals surface area contributed by atoms with Crippen LogP contribution >= 0.6 is 0 Å². The van der Waals surface area contributed by atoms with E-state index in [-0.39, 0.29) is 11.3 Å². The maximum Gasteiger partial charge on any atom is 0.342 e. The second-order valence-electron chi connectivity index (χ2n) is 3.19. The number of aromatic carboxylic acids is 1. The van der Waals surface area contributed by atoms with Crippen LogP contribution in [-0.4, -0.2) is 16.0 Å². The molecular weight excluding hydrogens is 252 g/mol. The summed E-state index contributed by atoms with van der Waals surface area (Å²) in [5.41, 5.74) is -1.54. The molecule has 0 aliphatic carbocycles. The molecule has 0 fully saturated rings. The summed E-state index contributed by atoms with van der Waals surface area (Å²) in [6.45, 7) is 0. The van der Waals surface area contributed by atoms with Crippen LogP contribution < -0.4 is 5.32 Å². The van der Waals surface area contributed by atoms with E-state index < -0.39 is 22.1 Å². The van der Waals surface area contributed by atoms with Crippen molar-refractivity contribution in [1.29, 1.82) is 10.5 Å². The number of nitriles is 2. The Bertz CT molecular complexity index is 636. The molecule has 8 nitrogen and oxygen atoms in total. The SMILES string of the molecule is N#CC(C#N)=CNc1cccc(C(=O)O)c1[N+](=O)[O-]. The van der Waals surface area contributed by atoms with Gasteiger partial charge in [0.2, 0.25) is 0 Å². The third-order valence-corrected chi connectivity index (χ3v) is 2.06. The highest BCUT2D eigenvalue weighted by atomic mass is 16.6. The Morgan fingerprint density at radius 2 is 2.05 bits per heavy atom. The lowest BCUT2D eigenvalue weighted by Gasteiger charge is -2.04. The molecule has 1 aromatic rings. The van der Waals surface area contributed by atoms with Crippen molar-refractivity contribution in [3.05, 3.63) is 45.6 Å². The second-order valence-corrected chi connectivity index (χ2v) is 3.19. The molecule has 1 aromatic carbocycles. The molecule has 0 heterocycles. The van der Waals surface area contributed by atoms with Crippen molar-refractivity contribution in [2.75, 3.05) is 5.32 Å². The van der Waals surface area contributed by atoms with Gasteiger partial charge in [-0.2, -0.15) is 10.5 Å². The molecule has 0 saturated heterocycles. The van der Waals surface area contributed by atoms with Crippen LogP contribution in [0, 0.1) is 32.8 Å². The number of para-hydroxylation sites is 1. The third-order valence-electron chi connectivity index (χ3n) is 2.06. The Morgan fingerprint density at radius 3 is 2.53 bits per heavy atom. The number of carbonyl (C=O) groups is 1. The number of hydrogen-bond acceptors (Lipinski definition) is 6. The fraction of sp³-hybridized carbons (Fsp3) is 0. The van der Waals surface area contributed by atoms with E-state index in [0.29, 0.717) is 0 Å². The van der Waals surface area contributed by atoms with Gasteiger partial charge >= 0.3 is 11.7 Å². The van der Waals surface area contributed by atoms with Crippen molar-refractivity contribution in [3.8, 4) is 12.1 Å². The summed E-state index contributed by atoms with van der Waals surface area (Å²) in [6.07, 6.45) is 0.966. The lowest BCUT2D eigenvalue weighted by molar-refractivity contribution is -0.384. The quantitative estimate of drug-likeness (QED) is 0.475. The van der Waals surface area contributed by atoms with Gasteiger partial charge in [-0.3, -0.25) is 10.1 Å². The topological polar surface area (TPSA) is 140 Å². The van der Waals surface area contributed by atoms with Crippen molar-refractivity contribution in [1.82, 2.24) is 0 Å². The summed E-state index contributed by atoms with van der Waals surface area (Å²) < 4.78 is 0. The molecule has 0 spiro atoms. The molecule has 0 radical (unpaired) electrons. The fourth-order valence-corrected chi connectivity index (χ4v) is 1.27. The molecule has 0 aromatic heterocycles. The Hall–Kier alpha value is -3.39. The number of nitrogens with one attached hydrogen (secondary N) is 1. The van der Waals surface area contributed by atoms with Crippen molar-refractivity contribution in [2.24, 2.45) is 0 Å². The van der Waals surface area contributed by atoms with Crippen LogP contribution in [0.3, 0.4) is 0 Å². The lowest BCUT2D eigenvalue weighted by Crippen LogP contribution is -2.05. The molecule has 0 unspecified atom stereocenters. The average molecular weight is 258 g/mol. The highest BCUT2D eigenvalue weighted by Gasteiger charge is 2.23. The van der Waals surface area contributed by atoms with Gasteiger partial charge in [0.05, 0.1) is 4.92 Å². The Morgan fingerprint density at radius 1 is 1.42 bits per heavy atom. The minimum atomic E-state index is -1.44. The summed E-state index contributed by atoms with van der Waals surface area (Å²) >= 11 is 0. The molecule has 8 heteroatoms. The number of rotatable bonds is 4. The number of benzene rings is 1. The summed E-state index contributed by atoms with van der Waals surface area (Å²) in [5.74, 6) is -1.44. The van der Waals surface area contributed by atoms with Gasteiger partial charge in [0.15, 0.2) is 0 Å². The van der Waals surface area contributed by atoms with E-state index in [9.17, 15) is 14.9 Å². The van der Waals surface area contributed by atoms with Gasteiger partial charge in [-0.1, -0.05) is 6.07 Å². The van der Waals surface area contributed by atoms with E-state index in [1.165, 1.54) is 12.1 Å². The molecule has 0 aliphatic rings. The first-order chi connectivity index (χ1) is 9.01. The molecule has 2 N–H and O–H groups in total. The smallest absolute Gasteiger partial charge is 0.342 e. The van der Waals surface area contributed by atoms with Crippen molar-refractivity contribution in [3.63, 3.8) is 0 Å². The highest BCUT2D eigenvalue weighted by molar-refractivity contribution is 5.95. The highest BCUT2D eigenvalue weighted by Crippen LogP contribution is 2.28. The van der Waals surface area contributed by atoms with Gasteiger partial charge in [0, 0.05) is 6.20 Å². The maximum absolute atomic E-state index is 10.9. The third kappa shape index (κ3) is 3.05. The van der Waals surface area contributed by atoms with E-state index >= 15 is 0 Å². The van der Waals surface area contributed by atoms with Crippen molar-refractivity contribution in [2.45, 2.75) is 0 Å². The zero-order valence-corrected chi connectivity index (χ0v) is 9.32. The van der Waals surface area contributed by atoms with E-state index in [0.717, 1.165) is 12.3 Å². The van der Waals surface area contributed by atoms with E-state index in [2.05, 4.69) is 5.32 Å². The molecular formula is C11H6N4O4. The average Bonchev–Trinajstić information content (AvgIpc) is 2.39. The minimum absolute atomic E-state index is 0.118. The van der Waals surface area contributed by atoms with Crippen molar-refractivity contribution < 1.29 is 14.8 Å². The zero-order valence-electron chi connectivity index (χ0n) is 9.32. The Labute approximate surface area is 107 Å². The number of hydrogen-bond donors (Lipinski definition) is 2. The number of nitrogens with zero attached hydrogens (tertiary/aromatic N) is 3. The molecule has 0 amide bonds. The van der Waals surface area contributed by atoms with Gasteiger partial charge in [-0.25, -0.2) is 4.79 Å². The van der Waals surface area contributed by atoms with Crippen LogP contribution in [0.2, 0.25) is 0 Å². The largest absolute Gasteiger partial charge is 0.477 e. The predicted molar refractivity (Wildman–Crippen MR) is 63.0 cm³/mol. The number of carboxylic acids is 1. The number of nitro benzene ring substituents is 1. The normalized spacial score (nSPS) is 8.74. The zero-order chi connectivity index (χ0) is 14.4. The molecule has 0 atom stereocenters. The van der Waals surface area contributed by atoms with Crippen LogP contribution in [0.5, 0.6) is 0 Å². The standard InChI is InChI=1S/C11H6N4O4/c12-4-7(5-13)6-14-9-3-1-2-8(11(16)17)10(9)15(18)19/h1-3,6,14H,(H,16,17). The fourth-order valence-electron chi connectivity index (χ4n) is 1.27. The van der Waals surface area contributed by atoms with Crippen LogP contribution in [0.15, 0.2) is 30.0 Å². The summed E-state index contributed by atoms with van der Waals surface area (Å²) in [5, 5.41) is 39.2. The van der Waals surface area contributed by atoms with E-state index in [1.807, 2.05) is 0 Å². The van der Waals surface area contributed by atoms with Crippen LogP contribution in [-0.2, 0) is 0 Å². The molecule has 94 valence electrons. The number of nitro groups is 1. The summed E-state index contributed by atoms with van der Waals surface area (Å²) in [6, 6.07) is 6.79. The first kappa shape index (κ1) is 13.7.